The summed E-state index contributed by atoms with van der Waals surface area (Å²) in [6, 6.07) is 31.1. The first-order valence-corrected chi connectivity index (χ1v) is 22.5. The average molecular weight is 798 g/mol. The van der Waals surface area contributed by atoms with Gasteiger partial charge < -0.3 is 9.64 Å². The second-order valence-corrected chi connectivity index (χ2v) is 18.4. The van der Waals surface area contributed by atoms with E-state index in [0.717, 1.165) is 59.2 Å². The van der Waals surface area contributed by atoms with Crippen molar-refractivity contribution < 1.29 is 35.2 Å². The lowest BCUT2D eigenvalue weighted by Crippen LogP contribution is -2.36. The number of thiophene rings is 1. The van der Waals surface area contributed by atoms with Crippen molar-refractivity contribution in [1.82, 2.24) is 0 Å². The first-order valence-electron chi connectivity index (χ1n) is 17.6. The summed E-state index contributed by atoms with van der Waals surface area (Å²) in [5.74, 6) is 0.457. The largest absolute Gasteiger partial charge is 0.439 e. The number of aromatic nitrogens is 1. The van der Waals surface area contributed by atoms with Gasteiger partial charge in [0, 0.05) is 46.7 Å². The van der Waals surface area contributed by atoms with E-state index in [2.05, 4.69) is 82.8 Å². The summed E-state index contributed by atoms with van der Waals surface area (Å²) in [4.78, 5) is 1.99. The van der Waals surface area contributed by atoms with Crippen LogP contribution in [0.5, 0.6) is 5.75 Å². The number of rotatable bonds is 12. The quantitative estimate of drug-likeness (QED) is 0.0712. The highest BCUT2D eigenvalue weighted by atomic mass is 32.2. The van der Waals surface area contributed by atoms with E-state index in [9.17, 15) is 25.9 Å². The lowest BCUT2D eigenvalue weighted by atomic mass is 10.00. The topological polar surface area (TPSA) is 125 Å². The smallest absolute Gasteiger partial charge is 0.265 e. The Morgan fingerprint density at radius 3 is 2.43 bits per heavy atom. The minimum absolute atomic E-state index is 0.180. The van der Waals surface area contributed by atoms with Crippen LogP contribution in [0, 0.1) is 0 Å². The number of benzene rings is 5. The van der Waals surface area contributed by atoms with Gasteiger partial charge in [-0.2, -0.15) is 21.4 Å². The standard InChI is InChI=1S/C41H36N2O7S4/c1-2-27(24-39-43(20-7-23-54(47,48)49)41-34-14-12-28-8-3-4-9-30(28)32(34)15-16-36(41)50-39)25-40-42(19-6-22-53(44,45)46)35-26-29(13-17-38(35)52-40)31-10-5-11-37-33(31)18-21-51-37/h3-5,8-18,21,24-26H,2,6-7,19-20,22-23H2,1H3,(H-,44,45,46,47,48,49)/p+1. The molecule has 0 radical (unpaired) electrons. The van der Waals surface area contributed by atoms with Crippen molar-refractivity contribution in [3.63, 3.8) is 0 Å². The first-order chi connectivity index (χ1) is 26.0. The van der Waals surface area contributed by atoms with Crippen molar-refractivity contribution in [2.75, 3.05) is 23.0 Å². The predicted octanol–water partition coefficient (Wildman–Crippen LogP) is 9.47. The third-order valence-corrected chi connectivity index (χ3v) is 13.3. The van der Waals surface area contributed by atoms with Gasteiger partial charge in [0.05, 0.1) is 17.2 Å². The normalized spacial score (nSPS) is 14.5. The molecule has 3 heterocycles. The zero-order valence-electron chi connectivity index (χ0n) is 29.3. The van der Waals surface area contributed by atoms with Gasteiger partial charge in [-0.25, -0.2) is 0 Å². The van der Waals surface area contributed by atoms with Gasteiger partial charge in [0.1, 0.15) is 4.70 Å². The van der Waals surface area contributed by atoms with E-state index in [4.69, 9.17) is 4.74 Å². The van der Waals surface area contributed by atoms with Gasteiger partial charge in [-0.1, -0.05) is 72.9 Å². The molecule has 1 aliphatic heterocycles. The predicted molar refractivity (Wildman–Crippen MR) is 221 cm³/mol. The molecular weight excluding hydrogens is 761 g/mol. The minimum Gasteiger partial charge on any atom is -0.439 e. The number of nitrogens with zero attached hydrogens (tertiary/aromatic N) is 2. The van der Waals surface area contributed by atoms with Gasteiger partial charge in [-0.3, -0.25) is 9.11 Å². The minimum atomic E-state index is -4.17. The summed E-state index contributed by atoms with van der Waals surface area (Å²) in [5, 5.41) is 8.40. The monoisotopic (exact) mass is 797 g/mol. The fourth-order valence-electron chi connectivity index (χ4n) is 7.25. The second-order valence-electron chi connectivity index (χ2n) is 13.3. The molecule has 0 saturated heterocycles. The molecule has 0 atom stereocenters. The zero-order chi connectivity index (χ0) is 37.6. The molecule has 5 aromatic carbocycles. The lowest BCUT2D eigenvalue weighted by Gasteiger charge is -2.20. The Labute approximate surface area is 321 Å². The van der Waals surface area contributed by atoms with Crippen molar-refractivity contribution in [3.05, 3.63) is 119 Å². The Bertz CT molecular complexity index is 2870. The SMILES string of the molecule is CCC(/C=C1\Oc2ccc3c(ccc4ccccc43)c2N1CCCS(=O)(=O)O)=C\c1sc2ccc(-c3cccc4sccc34)cc2[n+]1CCCS(=O)(=O)O. The van der Waals surface area contributed by atoms with Crippen molar-refractivity contribution >= 4 is 96.5 Å². The number of thiazole rings is 1. The molecule has 0 spiro atoms. The maximum Gasteiger partial charge on any atom is 0.265 e. The fourth-order valence-corrected chi connectivity index (χ4v) is 10.2. The van der Waals surface area contributed by atoms with E-state index < -0.39 is 20.2 Å². The molecule has 0 unspecified atom stereocenters. The van der Waals surface area contributed by atoms with E-state index in [1.54, 1.807) is 22.7 Å². The summed E-state index contributed by atoms with van der Waals surface area (Å²) >= 11 is 3.30. The van der Waals surface area contributed by atoms with Crippen LogP contribution in [-0.4, -0.2) is 44.0 Å². The number of fused-ring (bicyclic) bond motifs is 7. The number of hydrogen-bond donors (Lipinski definition) is 2. The zero-order valence-corrected chi connectivity index (χ0v) is 32.6. The number of aryl methyl sites for hydroxylation is 1. The summed E-state index contributed by atoms with van der Waals surface area (Å²) < 4.78 is 76.9. The van der Waals surface area contributed by atoms with Gasteiger partial charge in [0.2, 0.25) is 11.4 Å². The molecule has 0 fully saturated rings. The van der Waals surface area contributed by atoms with Crippen LogP contribution in [-0.2, 0) is 26.8 Å². The average Bonchev–Trinajstić information content (AvgIpc) is 3.85. The van der Waals surface area contributed by atoms with Gasteiger partial charge in [-0.15, -0.1) is 11.3 Å². The highest BCUT2D eigenvalue weighted by Gasteiger charge is 2.30. The Hall–Kier alpha value is -4.63. The highest BCUT2D eigenvalue weighted by Crippen LogP contribution is 2.46. The van der Waals surface area contributed by atoms with Crippen LogP contribution in [0.25, 0.3) is 59.1 Å². The second kappa shape index (κ2) is 14.5. The third-order valence-electron chi connectivity index (χ3n) is 9.74. The first kappa shape index (κ1) is 36.4. The van der Waals surface area contributed by atoms with Crippen LogP contribution in [0.15, 0.2) is 114 Å². The Morgan fingerprint density at radius 1 is 0.815 bits per heavy atom. The molecule has 54 heavy (non-hydrogen) atoms. The molecule has 0 bridgehead atoms. The van der Waals surface area contributed by atoms with Crippen molar-refractivity contribution in [2.24, 2.45) is 0 Å². The molecule has 8 rings (SSSR count). The van der Waals surface area contributed by atoms with Gasteiger partial charge in [-0.05, 0) is 81.4 Å². The van der Waals surface area contributed by atoms with Crippen molar-refractivity contribution in [1.29, 1.82) is 0 Å². The van der Waals surface area contributed by atoms with Gasteiger partial charge >= 0.3 is 0 Å². The fraction of sp³-hybridized carbons (Fsp3) is 0.195. The Morgan fingerprint density at radius 2 is 1.61 bits per heavy atom. The maximum atomic E-state index is 11.7. The van der Waals surface area contributed by atoms with Crippen LogP contribution < -0.4 is 14.2 Å². The van der Waals surface area contributed by atoms with E-state index in [1.807, 2.05) is 42.2 Å². The molecule has 0 saturated carbocycles. The van der Waals surface area contributed by atoms with Crippen LogP contribution in [0.1, 0.15) is 31.2 Å². The van der Waals surface area contributed by atoms with E-state index >= 15 is 0 Å². The van der Waals surface area contributed by atoms with Crippen LogP contribution in [0.2, 0.25) is 0 Å². The summed E-state index contributed by atoms with van der Waals surface area (Å²) in [7, 11) is -8.31. The molecule has 1 aliphatic rings. The number of ether oxygens (including phenoxy) is 1. The summed E-state index contributed by atoms with van der Waals surface area (Å²) in [6.07, 6.45) is 5.09. The summed E-state index contributed by atoms with van der Waals surface area (Å²) in [6.45, 7) is 2.71. The van der Waals surface area contributed by atoms with Crippen LogP contribution in [0.3, 0.4) is 0 Å². The van der Waals surface area contributed by atoms with Crippen molar-refractivity contribution in [3.8, 4) is 16.9 Å². The molecular formula is C41H37N2O7S4+. The molecule has 2 N–H and O–H groups in total. The van der Waals surface area contributed by atoms with Gasteiger partial charge in [0.15, 0.2) is 12.3 Å². The molecule has 7 aromatic rings. The van der Waals surface area contributed by atoms with E-state index in [0.29, 0.717) is 31.1 Å². The van der Waals surface area contributed by atoms with Gasteiger partial charge in [0.25, 0.3) is 25.2 Å². The highest BCUT2D eigenvalue weighted by molar-refractivity contribution is 7.86. The van der Waals surface area contributed by atoms with E-state index in [1.165, 1.54) is 10.1 Å². The molecule has 9 nitrogen and oxygen atoms in total. The number of hydrogen-bond acceptors (Lipinski definition) is 8. The van der Waals surface area contributed by atoms with E-state index in [-0.39, 0.29) is 24.3 Å². The van der Waals surface area contributed by atoms with Crippen molar-refractivity contribution in [2.45, 2.75) is 32.7 Å². The Kier molecular flexibility index (Phi) is 9.79. The molecule has 13 heteroatoms. The Balaban J connectivity index is 1.22. The van der Waals surface area contributed by atoms with Crippen LogP contribution >= 0.6 is 22.7 Å². The van der Waals surface area contributed by atoms with Crippen LogP contribution in [0.4, 0.5) is 5.69 Å². The third kappa shape index (κ3) is 7.39. The molecule has 0 amide bonds. The maximum absolute atomic E-state index is 11.7. The number of anilines is 1. The molecule has 276 valence electrons. The lowest BCUT2D eigenvalue weighted by molar-refractivity contribution is -0.668. The summed E-state index contributed by atoms with van der Waals surface area (Å²) in [5.41, 5.74) is 4.91. The molecule has 2 aromatic heterocycles. The molecule has 0 aliphatic carbocycles. The number of allylic oxidation sites excluding steroid dienone is 2.